The molecule has 0 aliphatic heterocycles. The van der Waals surface area contributed by atoms with E-state index in [0.29, 0.717) is 18.6 Å². The Bertz CT molecular complexity index is 430. The molecular weight excluding hydrogens is 376 g/mol. The van der Waals surface area contributed by atoms with E-state index in [-0.39, 0.29) is 0 Å². The SMILES string of the molecule is CCCCCCCCCCCCCCCCC(O)C(=O)O.O=C(O)C=CC(=O)O. The third kappa shape index (κ3) is 28.4. The lowest BCUT2D eigenvalue weighted by atomic mass is 10.0. The van der Waals surface area contributed by atoms with Crippen molar-refractivity contribution in [2.75, 3.05) is 0 Å². The number of aliphatic carboxylic acids is 3. The maximum absolute atomic E-state index is 10.4. The molecule has 0 spiro atoms. The molecule has 0 bridgehead atoms. The summed E-state index contributed by atoms with van der Waals surface area (Å²) in [6.45, 7) is 2.26. The largest absolute Gasteiger partial charge is 0.479 e. The lowest BCUT2D eigenvalue weighted by Gasteiger charge is -2.05. The van der Waals surface area contributed by atoms with Gasteiger partial charge in [0.25, 0.3) is 0 Å². The van der Waals surface area contributed by atoms with Gasteiger partial charge < -0.3 is 20.4 Å². The average molecular weight is 417 g/mol. The highest BCUT2D eigenvalue weighted by Crippen LogP contribution is 2.13. The van der Waals surface area contributed by atoms with Gasteiger partial charge in [-0.25, -0.2) is 14.4 Å². The molecule has 0 fully saturated rings. The Kier molecular flexibility index (Phi) is 22.6. The molecule has 4 N–H and O–H groups in total. The summed E-state index contributed by atoms with van der Waals surface area (Å²) >= 11 is 0. The number of carboxylic acids is 3. The summed E-state index contributed by atoms with van der Waals surface area (Å²) in [6, 6.07) is 0. The van der Waals surface area contributed by atoms with E-state index in [1.54, 1.807) is 0 Å². The van der Waals surface area contributed by atoms with E-state index in [1.807, 2.05) is 0 Å². The fourth-order valence-electron chi connectivity index (χ4n) is 2.80. The summed E-state index contributed by atoms with van der Waals surface area (Å²) in [5.74, 6) is -3.61. The van der Waals surface area contributed by atoms with Crippen molar-refractivity contribution in [2.45, 2.75) is 109 Å². The first-order valence-corrected chi connectivity index (χ1v) is 10.9. The number of carbonyl (C=O) groups is 3. The molecule has 29 heavy (non-hydrogen) atoms. The van der Waals surface area contributed by atoms with Gasteiger partial charge in [-0.3, -0.25) is 0 Å². The summed E-state index contributed by atoms with van der Waals surface area (Å²) in [4.78, 5) is 29.5. The zero-order chi connectivity index (χ0) is 22.3. The van der Waals surface area contributed by atoms with Crippen molar-refractivity contribution in [1.29, 1.82) is 0 Å². The fraction of sp³-hybridized carbons (Fsp3) is 0.773. The van der Waals surface area contributed by atoms with Crippen LogP contribution in [0.1, 0.15) is 103 Å². The van der Waals surface area contributed by atoms with Gasteiger partial charge in [-0.2, -0.15) is 0 Å². The predicted molar refractivity (Wildman–Crippen MR) is 113 cm³/mol. The number of hydrogen-bond donors (Lipinski definition) is 4. The van der Waals surface area contributed by atoms with Crippen LogP contribution in [0.3, 0.4) is 0 Å². The fourth-order valence-corrected chi connectivity index (χ4v) is 2.80. The Morgan fingerprint density at radius 2 is 0.931 bits per heavy atom. The molecule has 7 nitrogen and oxygen atoms in total. The molecule has 1 unspecified atom stereocenters. The first-order chi connectivity index (χ1) is 13.8. The lowest BCUT2D eigenvalue weighted by molar-refractivity contribution is -0.147. The molecule has 1 atom stereocenters. The molecule has 0 aliphatic carbocycles. The first-order valence-electron chi connectivity index (χ1n) is 10.9. The number of unbranched alkanes of at least 4 members (excludes halogenated alkanes) is 13. The van der Waals surface area contributed by atoms with Gasteiger partial charge in [0, 0.05) is 12.2 Å². The van der Waals surface area contributed by atoms with Crippen LogP contribution in [0.2, 0.25) is 0 Å². The standard InChI is InChI=1S/C18H36O3.C4H4O4/c1-2-3-4-5-6-7-8-9-10-11-12-13-14-15-16-17(19)18(20)21;5-3(6)1-2-4(7)8/h17,19H,2-16H2,1H3,(H,20,21);1-2H,(H,5,6)(H,7,8). The van der Waals surface area contributed by atoms with Crippen molar-refractivity contribution >= 4 is 17.9 Å². The zero-order valence-corrected chi connectivity index (χ0v) is 17.9. The second-order valence-corrected chi connectivity index (χ2v) is 7.25. The van der Waals surface area contributed by atoms with Gasteiger partial charge in [0.05, 0.1) is 0 Å². The van der Waals surface area contributed by atoms with Gasteiger partial charge >= 0.3 is 17.9 Å². The number of aliphatic hydroxyl groups excluding tert-OH is 1. The molecule has 0 radical (unpaired) electrons. The molecule has 7 heteroatoms. The molecule has 170 valence electrons. The van der Waals surface area contributed by atoms with Gasteiger partial charge in [-0.1, -0.05) is 96.8 Å². The third-order valence-electron chi connectivity index (χ3n) is 4.48. The van der Waals surface area contributed by atoms with Gasteiger partial charge in [-0.05, 0) is 6.42 Å². The number of aliphatic hydroxyl groups is 1. The number of carboxylic acid groups (broad SMARTS) is 3. The molecule has 0 rings (SSSR count). The smallest absolute Gasteiger partial charge is 0.332 e. The first kappa shape index (κ1) is 29.3. The van der Waals surface area contributed by atoms with Crippen molar-refractivity contribution in [2.24, 2.45) is 0 Å². The second-order valence-electron chi connectivity index (χ2n) is 7.25. The van der Waals surface area contributed by atoms with Gasteiger partial charge in [-0.15, -0.1) is 0 Å². The minimum Gasteiger partial charge on any atom is -0.479 e. The summed E-state index contributed by atoms with van der Waals surface area (Å²) in [7, 11) is 0. The molecule has 0 aromatic rings. The summed E-state index contributed by atoms with van der Waals surface area (Å²) < 4.78 is 0. The van der Waals surface area contributed by atoms with Gasteiger partial charge in [0.2, 0.25) is 0 Å². The Balaban J connectivity index is 0. The van der Waals surface area contributed by atoms with Crippen molar-refractivity contribution in [3.63, 3.8) is 0 Å². The Morgan fingerprint density at radius 1 is 0.621 bits per heavy atom. The van der Waals surface area contributed by atoms with Crippen LogP contribution in [0, 0.1) is 0 Å². The second kappa shape index (κ2) is 22.4. The molecule has 0 saturated carbocycles. The van der Waals surface area contributed by atoms with Crippen molar-refractivity contribution < 1.29 is 34.8 Å². The average Bonchev–Trinajstić information content (AvgIpc) is 2.66. The van der Waals surface area contributed by atoms with Crippen LogP contribution in [-0.2, 0) is 14.4 Å². The highest BCUT2D eigenvalue weighted by molar-refractivity contribution is 5.89. The zero-order valence-electron chi connectivity index (χ0n) is 17.9. The maximum Gasteiger partial charge on any atom is 0.332 e. The van der Waals surface area contributed by atoms with E-state index in [4.69, 9.17) is 20.4 Å². The molecule has 0 heterocycles. The van der Waals surface area contributed by atoms with Crippen molar-refractivity contribution in [1.82, 2.24) is 0 Å². The minimum absolute atomic E-state index is 0.396. The predicted octanol–water partition coefficient (Wildman–Crippen LogP) is 5.02. The molecule has 0 saturated heterocycles. The lowest BCUT2D eigenvalue weighted by Crippen LogP contribution is -2.18. The van der Waals surface area contributed by atoms with Crippen LogP contribution in [0.25, 0.3) is 0 Å². The molecule has 0 aliphatic rings. The van der Waals surface area contributed by atoms with Crippen LogP contribution < -0.4 is 0 Å². The van der Waals surface area contributed by atoms with Crippen molar-refractivity contribution in [3.8, 4) is 0 Å². The summed E-state index contributed by atoms with van der Waals surface area (Å²) in [6.07, 6.45) is 18.4. The maximum atomic E-state index is 10.4. The van der Waals surface area contributed by atoms with Crippen LogP contribution in [-0.4, -0.2) is 44.4 Å². The molecular formula is C22H40O7. The summed E-state index contributed by atoms with van der Waals surface area (Å²) in [5, 5.41) is 33.3. The molecule has 0 aromatic heterocycles. The van der Waals surface area contributed by atoms with E-state index in [1.165, 1.54) is 77.0 Å². The Hall–Kier alpha value is -1.89. The van der Waals surface area contributed by atoms with E-state index < -0.39 is 24.0 Å². The number of hydrogen-bond acceptors (Lipinski definition) is 4. The minimum atomic E-state index is -1.26. The monoisotopic (exact) mass is 416 g/mol. The Labute approximate surface area is 174 Å². The van der Waals surface area contributed by atoms with Crippen LogP contribution >= 0.6 is 0 Å². The molecule has 0 amide bonds. The topological polar surface area (TPSA) is 132 Å². The third-order valence-corrected chi connectivity index (χ3v) is 4.48. The summed E-state index contributed by atoms with van der Waals surface area (Å²) in [5.41, 5.74) is 0. The van der Waals surface area contributed by atoms with Crippen molar-refractivity contribution in [3.05, 3.63) is 12.2 Å². The van der Waals surface area contributed by atoms with E-state index in [2.05, 4.69) is 6.92 Å². The van der Waals surface area contributed by atoms with E-state index in [0.717, 1.165) is 12.8 Å². The highest BCUT2D eigenvalue weighted by Gasteiger charge is 2.11. The van der Waals surface area contributed by atoms with E-state index in [9.17, 15) is 14.4 Å². The van der Waals surface area contributed by atoms with Gasteiger partial charge in [0.15, 0.2) is 6.10 Å². The Morgan fingerprint density at radius 3 is 1.21 bits per heavy atom. The quantitative estimate of drug-likeness (QED) is 0.182. The van der Waals surface area contributed by atoms with Crippen LogP contribution in [0.15, 0.2) is 12.2 Å². The van der Waals surface area contributed by atoms with E-state index >= 15 is 0 Å². The highest BCUT2D eigenvalue weighted by atomic mass is 16.4. The van der Waals surface area contributed by atoms with Crippen LogP contribution in [0.5, 0.6) is 0 Å². The number of rotatable bonds is 18. The molecule has 0 aromatic carbocycles. The van der Waals surface area contributed by atoms with Gasteiger partial charge in [0.1, 0.15) is 0 Å². The normalized spacial score (nSPS) is 11.7. The van der Waals surface area contributed by atoms with Crippen LogP contribution in [0.4, 0.5) is 0 Å².